The molecule has 0 bridgehead atoms. The van der Waals surface area contributed by atoms with Crippen LogP contribution in [0.1, 0.15) is 30.6 Å². The number of ether oxygens (including phenoxy) is 1. The van der Waals surface area contributed by atoms with Crippen molar-refractivity contribution in [2.75, 3.05) is 13.7 Å². The van der Waals surface area contributed by atoms with Gasteiger partial charge in [-0.15, -0.1) is 11.3 Å². The zero-order valence-corrected chi connectivity index (χ0v) is 11.3. The Bertz CT molecular complexity index is 328. The monoisotopic (exact) mass is 254 g/mol. The van der Waals surface area contributed by atoms with Crippen molar-refractivity contribution in [2.45, 2.75) is 43.9 Å². The lowest BCUT2D eigenvalue weighted by Gasteiger charge is -2.43. The zero-order valence-electron chi connectivity index (χ0n) is 10.4. The fourth-order valence-corrected chi connectivity index (χ4v) is 3.38. The normalized spacial score (nSPS) is 29.4. The van der Waals surface area contributed by atoms with Gasteiger partial charge in [0, 0.05) is 25.1 Å². The van der Waals surface area contributed by atoms with Gasteiger partial charge in [-0.05, 0) is 24.3 Å². The Balaban J connectivity index is 2.01. The van der Waals surface area contributed by atoms with Gasteiger partial charge in [0.1, 0.15) is 0 Å². The molecule has 0 aromatic carbocycles. The van der Waals surface area contributed by atoms with Gasteiger partial charge < -0.3 is 15.8 Å². The van der Waals surface area contributed by atoms with Crippen molar-refractivity contribution >= 4 is 11.3 Å². The van der Waals surface area contributed by atoms with Gasteiger partial charge in [0.15, 0.2) is 0 Å². The molecule has 1 heterocycles. The third-order valence-corrected chi connectivity index (χ3v) is 4.68. The molecule has 1 aliphatic carbocycles. The van der Waals surface area contributed by atoms with Gasteiger partial charge in [0.05, 0.1) is 11.6 Å². The lowest BCUT2D eigenvalue weighted by Crippen LogP contribution is -2.61. The third kappa shape index (κ3) is 2.88. The van der Waals surface area contributed by atoms with Gasteiger partial charge in [-0.25, -0.2) is 0 Å². The maximum Gasteiger partial charge on any atom is 0.0765 e. The Kier molecular flexibility index (Phi) is 4.56. The maximum atomic E-state index is 6.00. The van der Waals surface area contributed by atoms with Crippen molar-refractivity contribution in [2.24, 2.45) is 5.73 Å². The first-order valence-electron chi connectivity index (χ1n) is 6.31. The van der Waals surface area contributed by atoms with Crippen molar-refractivity contribution in [3.63, 3.8) is 0 Å². The quantitative estimate of drug-likeness (QED) is 0.846. The summed E-state index contributed by atoms with van der Waals surface area (Å²) in [6.07, 6.45) is 4.98. The minimum Gasteiger partial charge on any atom is -0.379 e. The van der Waals surface area contributed by atoms with Crippen LogP contribution in [0.3, 0.4) is 0 Å². The van der Waals surface area contributed by atoms with Gasteiger partial charge in [-0.1, -0.05) is 18.9 Å². The first-order valence-corrected chi connectivity index (χ1v) is 7.19. The summed E-state index contributed by atoms with van der Waals surface area (Å²) in [7, 11) is 1.80. The second-order valence-electron chi connectivity index (χ2n) is 4.76. The Morgan fingerprint density at radius 1 is 1.59 bits per heavy atom. The van der Waals surface area contributed by atoms with Crippen LogP contribution in [0.2, 0.25) is 0 Å². The molecule has 0 aliphatic heterocycles. The fourth-order valence-electron chi connectivity index (χ4n) is 2.74. The number of hydrogen-bond donors (Lipinski definition) is 2. The van der Waals surface area contributed by atoms with Crippen LogP contribution >= 0.6 is 11.3 Å². The Labute approximate surface area is 107 Å². The second kappa shape index (κ2) is 5.96. The molecule has 1 saturated carbocycles. The number of rotatable bonds is 5. The Morgan fingerprint density at radius 2 is 2.47 bits per heavy atom. The lowest BCUT2D eigenvalue weighted by molar-refractivity contribution is -0.00923. The van der Waals surface area contributed by atoms with Gasteiger partial charge in [-0.3, -0.25) is 0 Å². The summed E-state index contributed by atoms with van der Waals surface area (Å²) in [6, 6.07) is 4.25. The summed E-state index contributed by atoms with van der Waals surface area (Å²) in [5.74, 6) is 0. The molecule has 2 unspecified atom stereocenters. The molecule has 1 fully saturated rings. The first kappa shape index (κ1) is 13.0. The minimum absolute atomic E-state index is 0.0308. The molecule has 0 radical (unpaired) electrons. The number of nitrogens with one attached hydrogen (secondary N) is 1. The zero-order chi connectivity index (χ0) is 12.1. The highest BCUT2D eigenvalue weighted by Crippen LogP contribution is 2.30. The van der Waals surface area contributed by atoms with Crippen LogP contribution in [0.25, 0.3) is 0 Å². The van der Waals surface area contributed by atoms with Crippen LogP contribution in [0, 0.1) is 0 Å². The summed E-state index contributed by atoms with van der Waals surface area (Å²) in [5, 5.41) is 5.76. The van der Waals surface area contributed by atoms with E-state index in [1.807, 2.05) is 0 Å². The molecular weight excluding hydrogens is 232 g/mol. The number of hydrogen-bond acceptors (Lipinski definition) is 4. The van der Waals surface area contributed by atoms with Gasteiger partial charge in [0.25, 0.3) is 0 Å². The fraction of sp³-hybridized carbons (Fsp3) is 0.692. The molecule has 0 spiro atoms. The molecular formula is C13H22N2OS. The average Bonchev–Trinajstić information content (AvgIpc) is 2.89. The van der Waals surface area contributed by atoms with Gasteiger partial charge in [0.2, 0.25) is 0 Å². The van der Waals surface area contributed by atoms with Crippen LogP contribution in [-0.4, -0.2) is 25.3 Å². The molecule has 1 aliphatic rings. The summed E-state index contributed by atoms with van der Waals surface area (Å²) < 4.78 is 5.63. The third-order valence-electron chi connectivity index (χ3n) is 3.80. The molecule has 96 valence electrons. The maximum absolute atomic E-state index is 6.00. The summed E-state index contributed by atoms with van der Waals surface area (Å²) in [6.45, 7) is 1.55. The molecule has 0 amide bonds. The van der Waals surface area contributed by atoms with E-state index in [4.69, 9.17) is 10.5 Å². The van der Waals surface area contributed by atoms with E-state index in [-0.39, 0.29) is 11.6 Å². The number of thiophene rings is 1. The predicted molar refractivity (Wildman–Crippen MR) is 72.2 cm³/mol. The van der Waals surface area contributed by atoms with Crippen molar-refractivity contribution in [3.8, 4) is 0 Å². The predicted octanol–water partition coefficient (Wildman–Crippen LogP) is 2.12. The van der Waals surface area contributed by atoms with Crippen LogP contribution in [0.5, 0.6) is 0 Å². The number of methoxy groups -OCH3 is 1. The standard InChI is InChI=1S/C13H22N2OS/c1-16-12-6-2-3-7-13(12,10-14)15-9-11-5-4-8-17-11/h4-5,8,12,15H,2-3,6-7,9-10,14H2,1H3. The van der Waals surface area contributed by atoms with E-state index in [9.17, 15) is 0 Å². The summed E-state index contributed by atoms with van der Waals surface area (Å²) in [5.41, 5.74) is 5.97. The highest BCUT2D eigenvalue weighted by atomic mass is 32.1. The largest absolute Gasteiger partial charge is 0.379 e. The molecule has 4 heteroatoms. The van der Waals surface area contributed by atoms with E-state index in [0.29, 0.717) is 6.54 Å². The number of nitrogens with two attached hydrogens (primary N) is 1. The average molecular weight is 254 g/mol. The van der Waals surface area contributed by atoms with Crippen LogP contribution < -0.4 is 11.1 Å². The lowest BCUT2D eigenvalue weighted by atomic mass is 9.79. The molecule has 2 atom stereocenters. The SMILES string of the molecule is COC1CCCCC1(CN)NCc1cccs1. The molecule has 3 nitrogen and oxygen atoms in total. The molecule has 1 aromatic rings. The van der Waals surface area contributed by atoms with Crippen LogP contribution in [0.15, 0.2) is 17.5 Å². The molecule has 3 N–H and O–H groups in total. The molecule has 0 saturated heterocycles. The van der Waals surface area contributed by atoms with Crippen LogP contribution in [-0.2, 0) is 11.3 Å². The summed E-state index contributed by atoms with van der Waals surface area (Å²) >= 11 is 1.79. The first-order chi connectivity index (χ1) is 8.30. The molecule has 1 aromatic heterocycles. The van der Waals surface area contributed by atoms with Gasteiger partial charge >= 0.3 is 0 Å². The molecule has 17 heavy (non-hydrogen) atoms. The topological polar surface area (TPSA) is 47.3 Å². The summed E-state index contributed by atoms with van der Waals surface area (Å²) in [4.78, 5) is 1.36. The Hall–Kier alpha value is -0.420. The molecule has 2 rings (SSSR count). The van der Waals surface area contributed by atoms with Crippen LogP contribution in [0.4, 0.5) is 0 Å². The van der Waals surface area contributed by atoms with E-state index >= 15 is 0 Å². The van der Waals surface area contributed by atoms with E-state index in [2.05, 4.69) is 22.8 Å². The second-order valence-corrected chi connectivity index (χ2v) is 5.80. The van der Waals surface area contributed by atoms with E-state index < -0.39 is 0 Å². The highest BCUT2D eigenvalue weighted by molar-refractivity contribution is 7.09. The van der Waals surface area contributed by atoms with E-state index in [0.717, 1.165) is 19.4 Å². The van der Waals surface area contributed by atoms with Crippen molar-refractivity contribution in [1.29, 1.82) is 0 Å². The van der Waals surface area contributed by atoms with Crippen molar-refractivity contribution in [3.05, 3.63) is 22.4 Å². The smallest absolute Gasteiger partial charge is 0.0765 e. The van der Waals surface area contributed by atoms with E-state index in [1.165, 1.54) is 17.7 Å². The Morgan fingerprint density at radius 3 is 3.12 bits per heavy atom. The highest BCUT2D eigenvalue weighted by Gasteiger charge is 2.39. The van der Waals surface area contributed by atoms with Crippen molar-refractivity contribution in [1.82, 2.24) is 5.32 Å². The van der Waals surface area contributed by atoms with Gasteiger partial charge in [-0.2, -0.15) is 0 Å². The van der Waals surface area contributed by atoms with Crippen molar-refractivity contribution < 1.29 is 4.74 Å². The minimum atomic E-state index is -0.0308. The van der Waals surface area contributed by atoms with E-state index in [1.54, 1.807) is 18.4 Å².